The first-order valence-electron chi connectivity index (χ1n) is 14.5. The van der Waals surface area contributed by atoms with Crippen molar-refractivity contribution in [2.45, 2.75) is 29.4 Å². The van der Waals surface area contributed by atoms with Gasteiger partial charge in [-0.25, -0.2) is 16.8 Å². The minimum Gasteiger partial charge on any atom is -0.258 e. The highest BCUT2D eigenvalue weighted by molar-refractivity contribution is 7.99. The van der Waals surface area contributed by atoms with E-state index < -0.39 is 29.5 Å². The first-order valence-corrected chi connectivity index (χ1v) is 18.3. The van der Waals surface area contributed by atoms with E-state index in [2.05, 4.69) is 0 Å². The van der Waals surface area contributed by atoms with Crippen LogP contribution in [-0.2, 0) is 19.7 Å². The molecule has 0 N–H and O–H groups in total. The van der Waals surface area contributed by atoms with Crippen molar-refractivity contribution in [3.8, 4) is 22.3 Å². The van der Waals surface area contributed by atoms with Crippen LogP contribution in [0.15, 0.2) is 175 Å². The Labute approximate surface area is 285 Å². The molecule has 13 heteroatoms. The largest absolute Gasteiger partial charge is 0.269 e. The summed E-state index contributed by atoms with van der Waals surface area (Å²) in [4.78, 5) is 23.0. The molecule has 0 aromatic heterocycles. The third-order valence-electron chi connectivity index (χ3n) is 7.63. The predicted molar refractivity (Wildman–Crippen MR) is 185 cm³/mol. The Morgan fingerprint density at radius 2 is 0.776 bits per heavy atom. The summed E-state index contributed by atoms with van der Waals surface area (Å²) >= 11 is 1.22. The number of nitro groups is 2. The molecule has 244 valence electrons. The van der Waals surface area contributed by atoms with Crippen LogP contribution in [0.4, 0.5) is 11.4 Å². The Bertz CT molecular complexity index is 2250. The van der Waals surface area contributed by atoms with Gasteiger partial charge in [0.25, 0.3) is 11.4 Å². The summed E-state index contributed by atoms with van der Waals surface area (Å²) in [5.74, 6) is 0. The second kappa shape index (κ2) is 13.5. The van der Waals surface area contributed by atoms with Gasteiger partial charge in [-0.05, 0) is 107 Å². The fraction of sp³-hybridized carbons (Fsp3) is 0. The minimum atomic E-state index is -3.93. The Kier molecular flexibility index (Phi) is 9.15. The summed E-state index contributed by atoms with van der Waals surface area (Å²) < 4.78 is 54.4. The SMILES string of the molecule is O=[N+]([O-])c1ccc(-c2cc(S(=O)(=O)c3ccccc3)ccc2Sc2ccc(S(=O)(=O)c3ccccc3)cc2-c2ccc([N+](=O)[O-])cc2)cc1. The van der Waals surface area contributed by atoms with Crippen LogP contribution in [0.1, 0.15) is 0 Å². The molecule has 0 amide bonds. The van der Waals surface area contributed by atoms with E-state index in [1.165, 1.54) is 109 Å². The van der Waals surface area contributed by atoms with Crippen molar-refractivity contribution < 1.29 is 26.7 Å². The first kappa shape index (κ1) is 33.3. The maximum atomic E-state index is 13.6. The lowest BCUT2D eigenvalue weighted by molar-refractivity contribution is -0.385. The van der Waals surface area contributed by atoms with Crippen LogP contribution in [0.2, 0.25) is 0 Å². The highest BCUT2D eigenvalue weighted by Gasteiger charge is 2.23. The van der Waals surface area contributed by atoms with Crippen LogP contribution in [0.25, 0.3) is 22.3 Å². The molecule has 0 radical (unpaired) electrons. The van der Waals surface area contributed by atoms with Gasteiger partial charge in [-0.3, -0.25) is 20.2 Å². The molecule has 0 aliphatic heterocycles. The first-order chi connectivity index (χ1) is 23.4. The molecule has 10 nitrogen and oxygen atoms in total. The normalized spacial score (nSPS) is 11.6. The highest BCUT2D eigenvalue weighted by atomic mass is 32.2. The summed E-state index contributed by atoms with van der Waals surface area (Å²) in [6, 6.07) is 36.5. The number of non-ortho nitro benzene ring substituents is 2. The Hall–Kier alpha value is -5.63. The number of benzene rings is 6. The third kappa shape index (κ3) is 6.85. The molecular weight excluding hydrogens is 685 g/mol. The lowest BCUT2D eigenvalue weighted by Crippen LogP contribution is -2.03. The van der Waals surface area contributed by atoms with E-state index in [4.69, 9.17) is 0 Å². The van der Waals surface area contributed by atoms with E-state index in [1.807, 2.05) is 0 Å². The topological polar surface area (TPSA) is 155 Å². The third-order valence-corrected chi connectivity index (χ3v) is 12.3. The van der Waals surface area contributed by atoms with Crippen molar-refractivity contribution in [2.24, 2.45) is 0 Å². The van der Waals surface area contributed by atoms with Crippen molar-refractivity contribution in [1.82, 2.24) is 0 Å². The van der Waals surface area contributed by atoms with E-state index in [0.29, 0.717) is 32.0 Å². The molecule has 6 aromatic rings. The molecule has 49 heavy (non-hydrogen) atoms. The van der Waals surface area contributed by atoms with Gasteiger partial charge < -0.3 is 0 Å². The van der Waals surface area contributed by atoms with Crippen LogP contribution in [0.5, 0.6) is 0 Å². The molecule has 0 spiro atoms. The molecular formula is C36H24N2O8S3. The van der Waals surface area contributed by atoms with Crippen LogP contribution in [-0.4, -0.2) is 26.7 Å². The van der Waals surface area contributed by atoms with Gasteiger partial charge in [-0.15, -0.1) is 0 Å². The fourth-order valence-corrected chi connectivity index (χ4v) is 8.80. The number of hydrogen-bond donors (Lipinski definition) is 0. The van der Waals surface area contributed by atoms with E-state index in [9.17, 15) is 37.1 Å². The predicted octanol–water partition coefficient (Wildman–Crippen LogP) is 8.65. The van der Waals surface area contributed by atoms with Crippen molar-refractivity contribution in [2.75, 3.05) is 0 Å². The standard InChI is InChI=1S/C36H24N2O8S3/c39-37(40)27-15-11-25(12-16-27)33-23-31(48(43,44)29-7-3-1-4-8-29)19-21-35(33)47-36-22-20-32(49(45,46)30-9-5-2-6-10-30)24-34(36)26-13-17-28(18-14-26)38(41)42/h1-24H. The number of nitro benzene ring substituents is 2. The van der Waals surface area contributed by atoms with Gasteiger partial charge in [0.2, 0.25) is 19.7 Å². The van der Waals surface area contributed by atoms with Gasteiger partial charge in [0.15, 0.2) is 0 Å². The summed E-state index contributed by atoms with van der Waals surface area (Å²) in [6.45, 7) is 0. The maximum absolute atomic E-state index is 13.6. The maximum Gasteiger partial charge on any atom is 0.269 e. The molecule has 0 atom stereocenters. The smallest absolute Gasteiger partial charge is 0.258 e. The molecule has 0 saturated heterocycles. The van der Waals surface area contributed by atoms with Crippen LogP contribution < -0.4 is 0 Å². The van der Waals surface area contributed by atoms with E-state index in [0.717, 1.165) is 0 Å². The fourth-order valence-electron chi connectivity index (χ4n) is 5.10. The van der Waals surface area contributed by atoms with Crippen molar-refractivity contribution in [1.29, 1.82) is 0 Å². The molecule has 0 aliphatic carbocycles. The summed E-state index contributed by atoms with van der Waals surface area (Å²) in [5.41, 5.74) is 1.68. The monoisotopic (exact) mass is 708 g/mol. The number of hydrogen-bond acceptors (Lipinski definition) is 9. The quantitative estimate of drug-likeness (QED) is 0.100. The van der Waals surface area contributed by atoms with Crippen LogP contribution >= 0.6 is 11.8 Å². The molecule has 0 unspecified atom stereocenters. The number of rotatable bonds is 10. The average molecular weight is 709 g/mol. The van der Waals surface area contributed by atoms with Gasteiger partial charge >= 0.3 is 0 Å². The minimum absolute atomic E-state index is 0.0105. The zero-order chi connectivity index (χ0) is 34.8. The van der Waals surface area contributed by atoms with Gasteiger partial charge in [-0.1, -0.05) is 48.2 Å². The highest BCUT2D eigenvalue weighted by Crippen LogP contribution is 2.43. The zero-order valence-corrected chi connectivity index (χ0v) is 27.7. The molecule has 0 saturated carbocycles. The molecule has 0 fully saturated rings. The second-order valence-electron chi connectivity index (χ2n) is 10.7. The summed E-state index contributed by atoms with van der Waals surface area (Å²) in [6.07, 6.45) is 0. The number of nitrogens with zero attached hydrogens (tertiary/aromatic N) is 2. The Balaban J connectivity index is 1.51. The van der Waals surface area contributed by atoms with Gasteiger partial charge in [0.1, 0.15) is 0 Å². The lowest BCUT2D eigenvalue weighted by atomic mass is 10.1. The number of sulfone groups is 2. The second-order valence-corrected chi connectivity index (χ2v) is 15.6. The van der Waals surface area contributed by atoms with Gasteiger partial charge in [0, 0.05) is 34.1 Å². The Morgan fingerprint density at radius 1 is 0.429 bits per heavy atom. The molecule has 0 aliphatic rings. The van der Waals surface area contributed by atoms with E-state index in [-0.39, 0.29) is 31.0 Å². The van der Waals surface area contributed by atoms with Crippen molar-refractivity contribution in [3.05, 3.63) is 166 Å². The van der Waals surface area contributed by atoms with E-state index >= 15 is 0 Å². The molecule has 0 heterocycles. The van der Waals surface area contributed by atoms with Gasteiger partial charge in [0.05, 0.1) is 29.4 Å². The molecule has 6 rings (SSSR count). The van der Waals surface area contributed by atoms with Gasteiger partial charge in [-0.2, -0.15) is 0 Å². The van der Waals surface area contributed by atoms with Crippen LogP contribution in [0, 0.1) is 20.2 Å². The van der Waals surface area contributed by atoms with Crippen molar-refractivity contribution in [3.63, 3.8) is 0 Å². The van der Waals surface area contributed by atoms with E-state index in [1.54, 1.807) is 48.5 Å². The summed E-state index contributed by atoms with van der Waals surface area (Å²) in [5, 5.41) is 22.7. The lowest BCUT2D eigenvalue weighted by Gasteiger charge is -2.16. The van der Waals surface area contributed by atoms with Crippen LogP contribution in [0.3, 0.4) is 0 Å². The summed E-state index contributed by atoms with van der Waals surface area (Å²) in [7, 11) is -7.86. The van der Waals surface area contributed by atoms with Crippen molar-refractivity contribution >= 4 is 42.8 Å². The molecule has 0 bridgehead atoms. The molecule has 6 aromatic carbocycles. The zero-order valence-electron chi connectivity index (χ0n) is 25.2. The average Bonchev–Trinajstić information content (AvgIpc) is 3.12. The Morgan fingerprint density at radius 3 is 1.10 bits per heavy atom.